The van der Waals surface area contributed by atoms with Gasteiger partial charge in [0.2, 0.25) is 0 Å². The van der Waals surface area contributed by atoms with E-state index in [1.807, 2.05) is 50.5 Å². The third-order valence-corrected chi connectivity index (χ3v) is 5.25. The Morgan fingerprint density at radius 3 is 2.63 bits per heavy atom. The molecule has 1 N–H and O–H groups in total. The van der Waals surface area contributed by atoms with Gasteiger partial charge in [-0.05, 0) is 67.7 Å². The first-order valence-electron chi connectivity index (χ1n) is 9.04. The van der Waals surface area contributed by atoms with Gasteiger partial charge in [-0.1, -0.05) is 6.07 Å². The fraction of sp³-hybridized carbons (Fsp3) is 0.238. The Labute approximate surface area is 164 Å². The van der Waals surface area contributed by atoms with Gasteiger partial charge in [-0.15, -0.1) is 0 Å². The van der Waals surface area contributed by atoms with E-state index in [0.717, 1.165) is 27.9 Å². The lowest BCUT2D eigenvalue weighted by Crippen LogP contribution is -2.25. The molecule has 3 aromatic rings. The first-order valence-corrected chi connectivity index (χ1v) is 9.44. The van der Waals surface area contributed by atoms with Gasteiger partial charge in [0.05, 0.1) is 24.4 Å². The molecule has 1 aliphatic rings. The average Bonchev–Trinajstić information content (AvgIpc) is 3.28. The smallest absolute Gasteiger partial charge is 0.169 e. The summed E-state index contributed by atoms with van der Waals surface area (Å²) in [7, 11) is 2.03. The highest BCUT2D eigenvalue weighted by Crippen LogP contribution is 2.38. The van der Waals surface area contributed by atoms with Gasteiger partial charge in [-0.3, -0.25) is 4.98 Å². The second kappa shape index (κ2) is 7.40. The van der Waals surface area contributed by atoms with Crippen molar-refractivity contribution in [2.75, 3.05) is 13.7 Å². The molecule has 6 heteroatoms. The SMILES string of the molecule is CCOc1ccc(-n2cccc2[C@@H]2[C@H](c3ccccn3)NC(=S)N2C)cc1. The lowest BCUT2D eigenvalue weighted by atomic mass is 10.0. The minimum Gasteiger partial charge on any atom is -0.494 e. The van der Waals surface area contributed by atoms with E-state index in [-0.39, 0.29) is 12.1 Å². The number of thiocarbonyl (C=S) groups is 1. The summed E-state index contributed by atoms with van der Waals surface area (Å²) in [6.07, 6.45) is 3.90. The van der Waals surface area contributed by atoms with E-state index in [1.54, 1.807) is 0 Å². The van der Waals surface area contributed by atoms with Crippen LogP contribution in [0.15, 0.2) is 67.0 Å². The zero-order valence-corrected chi connectivity index (χ0v) is 16.2. The number of benzene rings is 1. The van der Waals surface area contributed by atoms with Gasteiger partial charge in [-0.2, -0.15) is 0 Å². The normalized spacial score (nSPS) is 19.2. The summed E-state index contributed by atoms with van der Waals surface area (Å²) in [6, 6.07) is 18.4. The number of aromatic nitrogens is 2. The van der Waals surface area contributed by atoms with Gasteiger partial charge in [0.1, 0.15) is 5.75 Å². The zero-order chi connectivity index (χ0) is 18.8. The molecule has 5 nitrogen and oxygen atoms in total. The van der Waals surface area contributed by atoms with Crippen molar-refractivity contribution in [3.05, 3.63) is 78.4 Å². The van der Waals surface area contributed by atoms with Crippen LogP contribution in [0.2, 0.25) is 0 Å². The third-order valence-electron chi connectivity index (χ3n) is 4.85. The van der Waals surface area contributed by atoms with Crippen molar-refractivity contribution in [1.29, 1.82) is 0 Å². The second-order valence-corrected chi connectivity index (χ2v) is 6.85. The highest BCUT2D eigenvalue weighted by Gasteiger charge is 2.39. The summed E-state index contributed by atoms with van der Waals surface area (Å²) in [4.78, 5) is 6.66. The Balaban J connectivity index is 1.72. The second-order valence-electron chi connectivity index (χ2n) is 6.47. The number of hydrogen-bond acceptors (Lipinski definition) is 3. The summed E-state index contributed by atoms with van der Waals surface area (Å²) in [5.74, 6) is 0.877. The van der Waals surface area contributed by atoms with E-state index in [4.69, 9.17) is 17.0 Å². The van der Waals surface area contributed by atoms with Crippen molar-refractivity contribution >= 4 is 17.3 Å². The van der Waals surface area contributed by atoms with Crippen molar-refractivity contribution < 1.29 is 4.74 Å². The summed E-state index contributed by atoms with van der Waals surface area (Å²) >= 11 is 5.54. The Hall–Kier alpha value is -2.86. The molecule has 0 spiro atoms. The van der Waals surface area contributed by atoms with Crippen LogP contribution in [0.5, 0.6) is 5.75 Å². The van der Waals surface area contributed by atoms with Crippen LogP contribution in [0.25, 0.3) is 5.69 Å². The minimum absolute atomic E-state index is 0.0000444. The molecule has 0 aliphatic carbocycles. The molecular formula is C21H22N4OS. The van der Waals surface area contributed by atoms with Gasteiger partial charge in [0, 0.05) is 30.8 Å². The van der Waals surface area contributed by atoms with Crippen molar-refractivity contribution in [2.24, 2.45) is 0 Å². The molecule has 4 rings (SSSR count). The Bertz CT molecular complexity index is 923. The monoisotopic (exact) mass is 378 g/mol. The molecule has 1 aromatic carbocycles. The number of ether oxygens (including phenoxy) is 1. The first kappa shape index (κ1) is 17.5. The summed E-state index contributed by atoms with van der Waals surface area (Å²) in [5, 5.41) is 4.16. The standard InChI is InChI=1S/C21H22N4OS/c1-3-26-16-11-9-15(10-12-16)25-14-6-8-18(25)20-19(23-21(27)24(20)2)17-7-4-5-13-22-17/h4-14,19-20H,3H2,1-2H3,(H,23,27)/t19-,20+/m0/s1. The molecule has 0 amide bonds. The van der Waals surface area contributed by atoms with Crippen LogP contribution >= 0.6 is 12.2 Å². The molecule has 1 fully saturated rings. The molecule has 2 aromatic heterocycles. The van der Waals surface area contributed by atoms with Crippen LogP contribution in [0.3, 0.4) is 0 Å². The number of pyridine rings is 1. The Morgan fingerprint density at radius 1 is 1.11 bits per heavy atom. The quantitative estimate of drug-likeness (QED) is 0.683. The number of likely N-dealkylation sites (N-methyl/N-ethyl adjacent to an activating group) is 1. The summed E-state index contributed by atoms with van der Waals surface area (Å²) < 4.78 is 7.76. The third kappa shape index (κ3) is 3.28. The van der Waals surface area contributed by atoms with E-state index in [1.165, 1.54) is 0 Å². The molecule has 0 saturated carbocycles. The molecule has 3 heterocycles. The minimum atomic E-state index is 0.0000444. The van der Waals surface area contributed by atoms with Crippen LogP contribution in [0.4, 0.5) is 0 Å². The Kier molecular flexibility index (Phi) is 4.81. The van der Waals surface area contributed by atoms with Gasteiger partial charge >= 0.3 is 0 Å². The molecule has 1 aliphatic heterocycles. The van der Waals surface area contributed by atoms with E-state index in [9.17, 15) is 0 Å². The molecule has 1 saturated heterocycles. The van der Waals surface area contributed by atoms with Crippen LogP contribution in [0.1, 0.15) is 30.4 Å². The van der Waals surface area contributed by atoms with Crippen molar-refractivity contribution in [2.45, 2.75) is 19.0 Å². The highest BCUT2D eigenvalue weighted by molar-refractivity contribution is 7.80. The molecule has 0 bridgehead atoms. The summed E-state index contributed by atoms with van der Waals surface area (Å²) in [6.45, 7) is 2.65. The molecule has 2 atom stereocenters. The Morgan fingerprint density at radius 2 is 1.93 bits per heavy atom. The van der Waals surface area contributed by atoms with E-state index >= 15 is 0 Å². The number of nitrogens with zero attached hydrogens (tertiary/aromatic N) is 3. The lowest BCUT2D eigenvalue weighted by molar-refractivity contribution is 0.340. The van der Waals surface area contributed by atoms with Gasteiger partial charge in [0.15, 0.2) is 5.11 Å². The number of rotatable bonds is 5. The number of nitrogens with one attached hydrogen (secondary N) is 1. The van der Waals surface area contributed by atoms with Gasteiger partial charge in [0.25, 0.3) is 0 Å². The maximum atomic E-state index is 5.56. The lowest BCUT2D eigenvalue weighted by Gasteiger charge is -2.25. The van der Waals surface area contributed by atoms with Gasteiger partial charge in [-0.25, -0.2) is 0 Å². The van der Waals surface area contributed by atoms with Crippen molar-refractivity contribution in [3.8, 4) is 11.4 Å². The predicted molar refractivity (Wildman–Crippen MR) is 110 cm³/mol. The fourth-order valence-electron chi connectivity index (χ4n) is 3.57. The fourth-order valence-corrected chi connectivity index (χ4v) is 3.81. The number of hydrogen-bond donors (Lipinski definition) is 1. The van der Waals surface area contributed by atoms with E-state index in [2.05, 4.69) is 50.2 Å². The molecule has 0 unspecified atom stereocenters. The van der Waals surface area contributed by atoms with Gasteiger partial charge < -0.3 is 19.5 Å². The predicted octanol–water partition coefficient (Wildman–Crippen LogP) is 3.87. The van der Waals surface area contributed by atoms with Crippen molar-refractivity contribution in [3.63, 3.8) is 0 Å². The van der Waals surface area contributed by atoms with E-state index < -0.39 is 0 Å². The van der Waals surface area contributed by atoms with Crippen LogP contribution in [-0.2, 0) is 0 Å². The maximum Gasteiger partial charge on any atom is 0.169 e. The largest absolute Gasteiger partial charge is 0.494 e. The molecule has 27 heavy (non-hydrogen) atoms. The van der Waals surface area contributed by atoms with E-state index in [0.29, 0.717) is 6.61 Å². The average molecular weight is 379 g/mol. The summed E-state index contributed by atoms with van der Waals surface area (Å²) in [5.41, 5.74) is 3.22. The highest BCUT2D eigenvalue weighted by atomic mass is 32.1. The first-order chi connectivity index (χ1) is 13.2. The van der Waals surface area contributed by atoms with Crippen LogP contribution in [0, 0.1) is 0 Å². The topological polar surface area (TPSA) is 42.3 Å². The molecule has 0 radical (unpaired) electrons. The van der Waals surface area contributed by atoms with Crippen LogP contribution in [-0.4, -0.2) is 33.2 Å². The van der Waals surface area contributed by atoms with Crippen LogP contribution < -0.4 is 10.1 Å². The molecular weight excluding hydrogens is 356 g/mol. The van der Waals surface area contributed by atoms with Crippen molar-refractivity contribution in [1.82, 2.24) is 19.8 Å². The maximum absolute atomic E-state index is 5.56. The zero-order valence-electron chi connectivity index (χ0n) is 15.4. The molecule has 138 valence electrons.